The fraction of sp³-hybridized carbons (Fsp3) is 1.00. The summed E-state index contributed by atoms with van der Waals surface area (Å²) in [5.41, 5.74) is 0. The van der Waals surface area contributed by atoms with Crippen LogP contribution in [0, 0.1) is 0 Å². The Morgan fingerprint density at radius 2 is 2.10 bits per heavy atom. The Morgan fingerprint density at radius 1 is 1.50 bits per heavy atom. The molecule has 0 radical (unpaired) electrons. The van der Waals surface area contributed by atoms with Crippen molar-refractivity contribution in [1.29, 1.82) is 0 Å². The Hall–Kier alpha value is 0.270. The molecule has 0 spiro atoms. The molecule has 1 aliphatic heterocycles. The van der Waals surface area contributed by atoms with Crippen molar-refractivity contribution in [2.75, 3.05) is 32.8 Å². The highest BCUT2D eigenvalue weighted by atomic mass is 32.1. The minimum Gasteiger partial charge on any atom is -0.379 e. The maximum atomic E-state index is 5.21. The molecule has 1 aliphatic rings. The zero-order valence-electron chi connectivity index (χ0n) is 6.42. The molecule has 1 fully saturated rings. The molecule has 0 aromatic heterocycles. The highest BCUT2D eigenvalue weighted by Crippen LogP contribution is 2.01. The molecule has 0 bridgehead atoms. The number of morpholine rings is 1. The lowest BCUT2D eigenvalue weighted by atomic mass is 10.3. The molecule has 0 saturated carbocycles. The zero-order chi connectivity index (χ0) is 7.40. The van der Waals surface area contributed by atoms with E-state index in [0.717, 1.165) is 32.8 Å². The van der Waals surface area contributed by atoms with Gasteiger partial charge in [-0.05, 0) is 0 Å². The summed E-state index contributed by atoms with van der Waals surface area (Å²) >= 11 is 4.33. The fourth-order valence-electron chi connectivity index (χ4n) is 1.16. The lowest BCUT2D eigenvalue weighted by molar-refractivity contribution is 0.0387. The predicted octanol–water partition coefficient (Wildman–Crippen LogP) is 0.637. The van der Waals surface area contributed by atoms with Crippen LogP contribution in [0.15, 0.2) is 0 Å². The average molecular weight is 161 g/mol. The Labute approximate surface area is 68.0 Å². The number of hydrogen-bond donors (Lipinski definition) is 1. The second-order valence-corrected chi connectivity index (χ2v) is 3.64. The van der Waals surface area contributed by atoms with Gasteiger partial charge in [-0.2, -0.15) is 12.6 Å². The minimum atomic E-state index is 0.484. The van der Waals surface area contributed by atoms with E-state index in [1.807, 2.05) is 0 Å². The molecule has 0 N–H and O–H groups in total. The van der Waals surface area contributed by atoms with Gasteiger partial charge in [-0.15, -0.1) is 0 Å². The third-order valence-electron chi connectivity index (χ3n) is 1.63. The summed E-state index contributed by atoms with van der Waals surface area (Å²) < 4.78 is 5.21. The Morgan fingerprint density at radius 3 is 2.60 bits per heavy atom. The van der Waals surface area contributed by atoms with Crippen LogP contribution in [0.3, 0.4) is 0 Å². The minimum absolute atomic E-state index is 0.484. The van der Waals surface area contributed by atoms with E-state index in [2.05, 4.69) is 24.5 Å². The lowest BCUT2D eigenvalue weighted by Crippen LogP contribution is -2.39. The predicted molar refractivity (Wildman–Crippen MR) is 45.7 cm³/mol. The van der Waals surface area contributed by atoms with Gasteiger partial charge in [0.15, 0.2) is 0 Å². The molecule has 0 aromatic rings. The van der Waals surface area contributed by atoms with Crippen LogP contribution in [0.1, 0.15) is 6.92 Å². The quantitative estimate of drug-likeness (QED) is 0.597. The van der Waals surface area contributed by atoms with Crippen LogP contribution in [0.25, 0.3) is 0 Å². The third-order valence-corrected chi connectivity index (χ3v) is 1.79. The maximum absolute atomic E-state index is 5.21. The van der Waals surface area contributed by atoms with Crippen LogP contribution in [-0.4, -0.2) is 43.0 Å². The van der Waals surface area contributed by atoms with E-state index in [1.54, 1.807) is 0 Å². The van der Waals surface area contributed by atoms with Crippen molar-refractivity contribution in [3.63, 3.8) is 0 Å². The molecule has 3 heteroatoms. The fourth-order valence-corrected chi connectivity index (χ4v) is 1.39. The van der Waals surface area contributed by atoms with Gasteiger partial charge in [0.25, 0.3) is 0 Å². The third kappa shape index (κ3) is 2.90. The lowest BCUT2D eigenvalue weighted by Gasteiger charge is -2.27. The summed E-state index contributed by atoms with van der Waals surface area (Å²) in [5, 5.41) is 0.484. The van der Waals surface area contributed by atoms with Gasteiger partial charge in [0.05, 0.1) is 13.2 Å². The summed E-state index contributed by atoms with van der Waals surface area (Å²) in [6.07, 6.45) is 0. The summed E-state index contributed by atoms with van der Waals surface area (Å²) in [6, 6.07) is 0. The molecule has 60 valence electrons. The first kappa shape index (κ1) is 8.37. The van der Waals surface area contributed by atoms with E-state index in [4.69, 9.17) is 4.74 Å². The molecule has 1 saturated heterocycles. The molecule has 1 rings (SSSR count). The van der Waals surface area contributed by atoms with Crippen molar-refractivity contribution in [1.82, 2.24) is 4.90 Å². The molecule has 10 heavy (non-hydrogen) atoms. The van der Waals surface area contributed by atoms with Crippen LogP contribution in [0.4, 0.5) is 0 Å². The van der Waals surface area contributed by atoms with E-state index < -0.39 is 0 Å². The highest BCUT2D eigenvalue weighted by molar-refractivity contribution is 7.80. The van der Waals surface area contributed by atoms with Gasteiger partial charge in [-0.1, -0.05) is 6.92 Å². The molecule has 0 aliphatic carbocycles. The summed E-state index contributed by atoms with van der Waals surface area (Å²) in [4.78, 5) is 2.39. The number of rotatable bonds is 2. The molecular weight excluding hydrogens is 146 g/mol. The average Bonchev–Trinajstić information content (AvgIpc) is 1.88. The van der Waals surface area contributed by atoms with Crippen molar-refractivity contribution < 1.29 is 4.74 Å². The van der Waals surface area contributed by atoms with Crippen molar-refractivity contribution in [3.8, 4) is 0 Å². The Balaban J connectivity index is 2.13. The van der Waals surface area contributed by atoms with Crippen molar-refractivity contribution in [2.24, 2.45) is 0 Å². The van der Waals surface area contributed by atoms with E-state index >= 15 is 0 Å². The number of ether oxygens (including phenoxy) is 1. The highest BCUT2D eigenvalue weighted by Gasteiger charge is 2.10. The summed E-state index contributed by atoms with van der Waals surface area (Å²) in [6.45, 7) is 7.14. The summed E-state index contributed by atoms with van der Waals surface area (Å²) in [7, 11) is 0. The molecule has 0 unspecified atom stereocenters. The number of nitrogens with zero attached hydrogens (tertiary/aromatic N) is 1. The smallest absolute Gasteiger partial charge is 0.0594 e. The first-order chi connectivity index (χ1) is 4.79. The van der Waals surface area contributed by atoms with Crippen molar-refractivity contribution in [2.45, 2.75) is 12.2 Å². The second-order valence-electron chi connectivity index (χ2n) is 2.76. The van der Waals surface area contributed by atoms with E-state index in [9.17, 15) is 0 Å². The Kier molecular flexibility index (Phi) is 3.52. The monoisotopic (exact) mass is 161 g/mol. The maximum Gasteiger partial charge on any atom is 0.0594 e. The van der Waals surface area contributed by atoms with Crippen LogP contribution in [-0.2, 0) is 4.74 Å². The second kappa shape index (κ2) is 4.21. The zero-order valence-corrected chi connectivity index (χ0v) is 7.31. The van der Waals surface area contributed by atoms with Gasteiger partial charge in [-0.3, -0.25) is 4.90 Å². The van der Waals surface area contributed by atoms with Crippen LogP contribution < -0.4 is 0 Å². The molecular formula is C7H15NOS. The van der Waals surface area contributed by atoms with Crippen LogP contribution in [0.2, 0.25) is 0 Å². The van der Waals surface area contributed by atoms with E-state index in [1.165, 1.54) is 0 Å². The normalized spacial score (nSPS) is 24.6. The van der Waals surface area contributed by atoms with E-state index in [-0.39, 0.29) is 0 Å². The van der Waals surface area contributed by atoms with Gasteiger partial charge in [0.1, 0.15) is 0 Å². The molecule has 0 aromatic carbocycles. The van der Waals surface area contributed by atoms with Crippen LogP contribution in [0.5, 0.6) is 0 Å². The number of hydrogen-bond acceptors (Lipinski definition) is 3. The standard InChI is InChI=1S/C7H15NOS/c1-7(10)6-8-2-4-9-5-3-8/h7,10H,2-6H2,1H3/t7-/m0/s1. The molecule has 1 heterocycles. The van der Waals surface area contributed by atoms with Gasteiger partial charge in [0.2, 0.25) is 0 Å². The Bertz CT molecular complexity index is 91.6. The summed E-state index contributed by atoms with van der Waals surface area (Å²) in [5.74, 6) is 0. The van der Waals surface area contributed by atoms with Gasteiger partial charge in [-0.25, -0.2) is 0 Å². The topological polar surface area (TPSA) is 12.5 Å². The molecule has 0 amide bonds. The van der Waals surface area contributed by atoms with Crippen molar-refractivity contribution in [3.05, 3.63) is 0 Å². The SMILES string of the molecule is C[C@H](S)CN1CCOCC1. The molecule has 1 atom stereocenters. The number of thiol groups is 1. The van der Waals surface area contributed by atoms with Crippen LogP contribution >= 0.6 is 12.6 Å². The van der Waals surface area contributed by atoms with Gasteiger partial charge < -0.3 is 4.74 Å². The molecule has 2 nitrogen and oxygen atoms in total. The first-order valence-electron chi connectivity index (χ1n) is 3.77. The first-order valence-corrected chi connectivity index (χ1v) is 4.29. The van der Waals surface area contributed by atoms with Gasteiger partial charge in [0, 0.05) is 24.9 Å². The van der Waals surface area contributed by atoms with Crippen molar-refractivity contribution >= 4 is 12.6 Å². The van der Waals surface area contributed by atoms with Gasteiger partial charge >= 0.3 is 0 Å². The largest absolute Gasteiger partial charge is 0.379 e. The van der Waals surface area contributed by atoms with E-state index in [0.29, 0.717) is 5.25 Å².